The Morgan fingerprint density at radius 2 is 0.912 bits per heavy atom. The minimum Gasteiger partial charge on any atom is -0.494 e. The van der Waals surface area contributed by atoms with Gasteiger partial charge >= 0.3 is 0 Å². The van der Waals surface area contributed by atoms with E-state index >= 15 is 0 Å². The minimum atomic E-state index is -0.101. The molecule has 0 saturated carbocycles. The zero-order valence-electron chi connectivity index (χ0n) is 20.3. The van der Waals surface area contributed by atoms with E-state index in [9.17, 15) is 9.59 Å². The third-order valence-electron chi connectivity index (χ3n) is 5.38. The first kappa shape index (κ1) is 24.8. The molecule has 0 atom stereocenters. The van der Waals surface area contributed by atoms with Crippen LogP contribution < -0.4 is 9.47 Å². The fraction of sp³-hybridized carbons (Fsp3) is 0.286. The molecule has 0 aliphatic rings. The Balaban J connectivity index is 1.58. The molecule has 0 unspecified atom stereocenters. The Morgan fingerprint density at radius 1 is 0.588 bits per heavy atom. The molecule has 0 aliphatic carbocycles. The van der Waals surface area contributed by atoms with Gasteiger partial charge in [-0.05, 0) is 73.5 Å². The van der Waals surface area contributed by atoms with Gasteiger partial charge in [-0.25, -0.2) is 0 Å². The lowest BCUT2D eigenvalue weighted by atomic mass is 10.1. The number of ether oxygens (including phenoxy) is 2. The Morgan fingerprint density at radius 3 is 1.21 bits per heavy atom. The monoisotopic (exact) mass is 460 g/mol. The molecule has 0 saturated heterocycles. The molecule has 0 spiro atoms. The van der Waals surface area contributed by atoms with Crippen LogP contribution in [0.5, 0.6) is 11.5 Å². The number of rotatable bonds is 10. The molecule has 0 N–H and O–H groups in total. The van der Waals surface area contributed by atoms with Gasteiger partial charge in [-0.1, -0.05) is 24.3 Å². The highest BCUT2D eigenvalue weighted by molar-refractivity contribution is 5.97. The topological polar surface area (TPSA) is 59.1 Å². The van der Waals surface area contributed by atoms with Gasteiger partial charge < -0.3 is 19.3 Å². The van der Waals surface area contributed by atoms with E-state index in [1.54, 1.807) is 48.2 Å². The average molecular weight is 461 g/mol. The smallest absolute Gasteiger partial charge is 0.253 e. The van der Waals surface area contributed by atoms with Crippen LogP contribution in [-0.4, -0.2) is 48.9 Å². The van der Waals surface area contributed by atoms with Crippen molar-refractivity contribution < 1.29 is 19.1 Å². The van der Waals surface area contributed by atoms with Crippen molar-refractivity contribution in [1.82, 2.24) is 9.80 Å². The van der Waals surface area contributed by atoms with Gasteiger partial charge in [-0.2, -0.15) is 0 Å². The van der Waals surface area contributed by atoms with Gasteiger partial charge in [0.25, 0.3) is 11.8 Å². The second kappa shape index (κ2) is 11.9. The summed E-state index contributed by atoms with van der Waals surface area (Å²) >= 11 is 0. The molecule has 0 aliphatic heterocycles. The summed E-state index contributed by atoms with van der Waals surface area (Å²) in [7, 11) is 3.53. The molecule has 2 amide bonds. The van der Waals surface area contributed by atoms with Crippen LogP contribution >= 0.6 is 0 Å². The molecular weight excluding hydrogens is 428 g/mol. The number of hydrogen-bond acceptors (Lipinski definition) is 4. The van der Waals surface area contributed by atoms with Crippen molar-refractivity contribution in [2.45, 2.75) is 26.9 Å². The molecule has 6 nitrogen and oxygen atoms in total. The Bertz CT molecular complexity index is 988. The van der Waals surface area contributed by atoms with Gasteiger partial charge in [0.2, 0.25) is 0 Å². The normalized spacial score (nSPS) is 10.5. The third kappa shape index (κ3) is 6.61. The van der Waals surface area contributed by atoms with Crippen molar-refractivity contribution in [3.05, 3.63) is 95.1 Å². The molecule has 3 aromatic carbocycles. The number of amides is 2. The van der Waals surface area contributed by atoms with E-state index in [-0.39, 0.29) is 11.8 Å². The number of carbonyl (C=O) groups excluding carboxylic acids is 2. The molecule has 3 aromatic rings. The summed E-state index contributed by atoms with van der Waals surface area (Å²) in [5.74, 6) is 1.42. The van der Waals surface area contributed by atoms with Crippen molar-refractivity contribution in [3.8, 4) is 11.5 Å². The average Bonchev–Trinajstić information content (AvgIpc) is 2.86. The lowest BCUT2D eigenvalue weighted by Gasteiger charge is -2.19. The van der Waals surface area contributed by atoms with Crippen molar-refractivity contribution in [3.63, 3.8) is 0 Å². The molecular formula is C28H32N2O4. The fourth-order valence-electron chi connectivity index (χ4n) is 3.60. The van der Waals surface area contributed by atoms with E-state index in [0.29, 0.717) is 37.4 Å². The lowest BCUT2D eigenvalue weighted by Crippen LogP contribution is -2.27. The van der Waals surface area contributed by atoms with Crippen LogP contribution in [0.2, 0.25) is 0 Å². The lowest BCUT2D eigenvalue weighted by molar-refractivity contribution is 0.0773. The van der Waals surface area contributed by atoms with E-state index in [1.807, 2.05) is 62.4 Å². The summed E-state index contributed by atoms with van der Waals surface area (Å²) in [5.41, 5.74) is 3.11. The standard InChI is InChI=1S/C28H32N2O4/c1-5-33-25-15-7-21(8-16-25)19-29(3)27(31)23-11-13-24(14-12-23)28(32)30(4)20-22-9-17-26(18-10-22)34-6-2/h7-18H,5-6,19-20H2,1-4H3. The Kier molecular flexibility index (Phi) is 8.68. The predicted molar refractivity (Wildman–Crippen MR) is 133 cm³/mol. The second-order valence-corrected chi connectivity index (χ2v) is 8.05. The van der Waals surface area contributed by atoms with Gasteiger partial charge in [0.1, 0.15) is 11.5 Å². The van der Waals surface area contributed by atoms with E-state index in [1.165, 1.54) is 0 Å². The van der Waals surface area contributed by atoms with Gasteiger partial charge in [0.05, 0.1) is 13.2 Å². The van der Waals surface area contributed by atoms with Crippen LogP contribution in [0.3, 0.4) is 0 Å². The van der Waals surface area contributed by atoms with Gasteiger partial charge in [-0.3, -0.25) is 9.59 Å². The summed E-state index contributed by atoms with van der Waals surface area (Å²) in [6.07, 6.45) is 0. The SMILES string of the molecule is CCOc1ccc(CN(C)C(=O)c2ccc(C(=O)N(C)Cc3ccc(OCC)cc3)cc2)cc1. The van der Waals surface area contributed by atoms with Gasteiger partial charge in [-0.15, -0.1) is 0 Å². The van der Waals surface area contributed by atoms with E-state index in [2.05, 4.69) is 0 Å². The third-order valence-corrected chi connectivity index (χ3v) is 5.38. The summed E-state index contributed by atoms with van der Waals surface area (Å²) in [6, 6.07) is 22.3. The maximum Gasteiger partial charge on any atom is 0.253 e. The number of hydrogen-bond donors (Lipinski definition) is 0. The highest BCUT2D eigenvalue weighted by Gasteiger charge is 2.16. The Hall–Kier alpha value is -3.80. The maximum atomic E-state index is 12.8. The molecule has 34 heavy (non-hydrogen) atoms. The van der Waals surface area contributed by atoms with Gasteiger partial charge in [0, 0.05) is 38.3 Å². The van der Waals surface area contributed by atoms with E-state index < -0.39 is 0 Å². The largest absolute Gasteiger partial charge is 0.494 e. The van der Waals surface area contributed by atoms with E-state index in [0.717, 1.165) is 22.6 Å². The van der Waals surface area contributed by atoms with Crippen molar-refractivity contribution in [2.24, 2.45) is 0 Å². The van der Waals surface area contributed by atoms with Crippen molar-refractivity contribution in [1.29, 1.82) is 0 Å². The summed E-state index contributed by atoms with van der Waals surface area (Å²) < 4.78 is 10.9. The van der Waals surface area contributed by atoms with Crippen LogP contribution in [0.1, 0.15) is 45.7 Å². The zero-order valence-corrected chi connectivity index (χ0v) is 20.3. The molecule has 6 heteroatoms. The first-order chi connectivity index (χ1) is 16.4. The summed E-state index contributed by atoms with van der Waals surface area (Å²) in [5, 5.41) is 0. The molecule has 0 radical (unpaired) electrons. The van der Waals surface area contributed by atoms with E-state index in [4.69, 9.17) is 9.47 Å². The predicted octanol–water partition coefficient (Wildman–Crippen LogP) is 5.03. The first-order valence-electron chi connectivity index (χ1n) is 11.5. The van der Waals surface area contributed by atoms with Crippen LogP contribution in [0, 0.1) is 0 Å². The first-order valence-corrected chi connectivity index (χ1v) is 11.5. The molecule has 0 aromatic heterocycles. The quantitative estimate of drug-likeness (QED) is 0.426. The number of carbonyl (C=O) groups is 2. The van der Waals surface area contributed by atoms with Crippen molar-refractivity contribution >= 4 is 11.8 Å². The minimum absolute atomic E-state index is 0.101. The highest BCUT2D eigenvalue weighted by atomic mass is 16.5. The molecule has 0 bridgehead atoms. The molecule has 3 rings (SSSR count). The maximum absolute atomic E-state index is 12.8. The zero-order chi connectivity index (χ0) is 24.5. The fourth-order valence-corrected chi connectivity index (χ4v) is 3.60. The second-order valence-electron chi connectivity index (χ2n) is 8.05. The van der Waals surface area contributed by atoms with Crippen LogP contribution in [0.15, 0.2) is 72.8 Å². The molecule has 178 valence electrons. The number of nitrogens with zero attached hydrogens (tertiary/aromatic N) is 2. The van der Waals surface area contributed by atoms with Crippen LogP contribution in [-0.2, 0) is 13.1 Å². The molecule has 0 fully saturated rings. The van der Waals surface area contributed by atoms with Crippen molar-refractivity contribution in [2.75, 3.05) is 27.3 Å². The highest BCUT2D eigenvalue weighted by Crippen LogP contribution is 2.17. The van der Waals surface area contributed by atoms with Crippen LogP contribution in [0.4, 0.5) is 0 Å². The Labute approximate surface area is 201 Å². The summed E-state index contributed by atoms with van der Waals surface area (Å²) in [6.45, 7) is 6.09. The van der Waals surface area contributed by atoms with Gasteiger partial charge in [0.15, 0.2) is 0 Å². The molecule has 0 heterocycles. The van der Waals surface area contributed by atoms with Crippen LogP contribution in [0.25, 0.3) is 0 Å². The summed E-state index contributed by atoms with van der Waals surface area (Å²) in [4.78, 5) is 29.0. The number of benzene rings is 3.